The quantitative estimate of drug-likeness (QED) is 0.605. The van der Waals surface area contributed by atoms with Gasteiger partial charge in [-0.3, -0.25) is 0 Å². The van der Waals surface area contributed by atoms with Gasteiger partial charge in [0.05, 0.1) is 11.1 Å². The molecule has 1 rings (SSSR count). The minimum absolute atomic E-state index is 0.190. The summed E-state index contributed by atoms with van der Waals surface area (Å²) in [6, 6.07) is 5.48. The number of benzene rings is 1. The molecule has 0 aromatic heterocycles. The molecule has 0 unspecified atom stereocenters. The topological polar surface area (TPSA) is 121 Å². The Bertz CT molecular complexity index is 343. The number of nitrogens with two attached hydrogens (primary N) is 1. The van der Waals surface area contributed by atoms with Crippen molar-refractivity contribution in [2.75, 3.05) is 13.2 Å². The Kier molecular flexibility index (Phi) is 7.32. The first kappa shape index (κ1) is 15.1. The average molecular weight is 241 g/mol. The summed E-state index contributed by atoms with van der Waals surface area (Å²) in [4.78, 5) is 20.9. The standard InChI is InChI=1S/C8H6O4.C3H9NO/c9-7(10)5-3-1-2-4-6(5)8(11)12;4-2-1-3-5/h1-4H,(H,9,10)(H,11,12);5H,1-4H2. The van der Waals surface area contributed by atoms with E-state index in [1.165, 1.54) is 24.3 Å². The molecule has 0 atom stereocenters. The zero-order valence-electron chi connectivity index (χ0n) is 9.17. The van der Waals surface area contributed by atoms with Gasteiger partial charge in [-0.15, -0.1) is 0 Å². The Balaban J connectivity index is 0.000000437. The fourth-order valence-electron chi connectivity index (χ4n) is 0.947. The Labute approximate surface area is 98.3 Å². The van der Waals surface area contributed by atoms with E-state index in [0.29, 0.717) is 6.54 Å². The van der Waals surface area contributed by atoms with E-state index in [0.717, 1.165) is 6.42 Å². The van der Waals surface area contributed by atoms with Crippen LogP contribution < -0.4 is 5.73 Å². The first-order valence-corrected chi connectivity index (χ1v) is 4.91. The number of carbonyl (C=O) groups is 2. The first-order valence-electron chi connectivity index (χ1n) is 4.91. The van der Waals surface area contributed by atoms with Gasteiger partial charge in [-0.05, 0) is 25.1 Å². The van der Waals surface area contributed by atoms with Crippen LogP contribution in [0.15, 0.2) is 24.3 Å². The van der Waals surface area contributed by atoms with E-state index < -0.39 is 11.9 Å². The Hall–Kier alpha value is -1.92. The third kappa shape index (κ3) is 5.64. The molecule has 6 heteroatoms. The van der Waals surface area contributed by atoms with Crippen molar-refractivity contribution in [1.29, 1.82) is 0 Å². The van der Waals surface area contributed by atoms with Crippen LogP contribution in [0.2, 0.25) is 0 Å². The maximum Gasteiger partial charge on any atom is 0.336 e. The normalized spacial score (nSPS) is 9.06. The Morgan fingerprint density at radius 3 is 1.65 bits per heavy atom. The number of aliphatic hydroxyl groups excluding tert-OH is 1. The molecule has 0 heterocycles. The summed E-state index contributed by atoms with van der Waals surface area (Å²) >= 11 is 0. The van der Waals surface area contributed by atoms with Crippen LogP contribution >= 0.6 is 0 Å². The number of carboxylic acids is 2. The van der Waals surface area contributed by atoms with Crippen LogP contribution in [0.1, 0.15) is 27.1 Å². The van der Waals surface area contributed by atoms with E-state index in [9.17, 15) is 9.59 Å². The van der Waals surface area contributed by atoms with Gasteiger partial charge in [0.1, 0.15) is 0 Å². The van der Waals surface area contributed by atoms with Crippen LogP contribution in [0.5, 0.6) is 0 Å². The summed E-state index contributed by atoms with van der Waals surface area (Å²) in [5.41, 5.74) is 4.60. The molecule has 17 heavy (non-hydrogen) atoms. The largest absolute Gasteiger partial charge is 0.478 e. The average Bonchev–Trinajstić information content (AvgIpc) is 2.30. The van der Waals surface area contributed by atoms with Gasteiger partial charge in [0, 0.05) is 6.61 Å². The van der Waals surface area contributed by atoms with Crippen molar-refractivity contribution < 1.29 is 24.9 Å². The molecule has 0 aliphatic heterocycles. The number of rotatable bonds is 4. The Morgan fingerprint density at radius 1 is 1.06 bits per heavy atom. The monoisotopic (exact) mass is 241 g/mol. The van der Waals surface area contributed by atoms with Crippen molar-refractivity contribution in [2.24, 2.45) is 5.73 Å². The molecule has 0 fully saturated rings. The number of hydrogen-bond acceptors (Lipinski definition) is 4. The second kappa shape index (κ2) is 8.26. The molecule has 1 aromatic carbocycles. The van der Waals surface area contributed by atoms with E-state index in [1.807, 2.05) is 0 Å². The first-order chi connectivity index (χ1) is 8.04. The summed E-state index contributed by atoms with van der Waals surface area (Å²) in [6.45, 7) is 0.812. The molecule has 6 nitrogen and oxygen atoms in total. The molecule has 0 saturated carbocycles. The molecule has 0 amide bonds. The lowest BCUT2D eigenvalue weighted by Gasteiger charge is -1.98. The maximum atomic E-state index is 10.5. The molecule has 0 radical (unpaired) electrons. The summed E-state index contributed by atoms with van der Waals surface area (Å²) in [5, 5.41) is 25.1. The third-order valence-corrected chi connectivity index (χ3v) is 1.75. The van der Waals surface area contributed by atoms with Crippen LogP contribution in [0.25, 0.3) is 0 Å². The lowest BCUT2D eigenvalue weighted by Crippen LogP contribution is -2.06. The predicted octanol–water partition coefficient (Wildman–Crippen LogP) is 0.411. The lowest BCUT2D eigenvalue weighted by molar-refractivity contribution is 0.0651. The molecular formula is C11H15NO5. The second-order valence-corrected chi connectivity index (χ2v) is 3.02. The van der Waals surface area contributed by atoms with E-state index >= 15 is 0 Å². The molecule has 0 bridgehead atoms. The predicted molar refractivity (Wildman–Crippen MR) is 61.1 cm³/mol. The maximum absolute atomic E-state index is 10.5. The molecule has 0 aliphatic rings. The van der Waals surface area contributed by atoms with E-state index in [-0.39, 0.29) is 17.7 Å². The van der Waals surface area contributed by atoms with E-state index in [2.05, 4.69) is 0 Å². The van der Waals surface area contributed by atoms with Gasteiger partial charge in [-0.1, -0.05) is 12.1 Å². The van der Waals surface area contributed by atoms with Crippen molar-refractivity contribution >= 4 is 11.9 Å². The molecule has 0 spiro atoms. The highest BCUT2D eigenvalue weighted by Crippen LogP contribution is 2.07. The molecule has 94 valence electrons. The number of carboxylic acid groups (broad SMARTS) is 2. The van der Waals surface area contributed by atoms with Gasteiger partial charge in [0.25, 0.3) is 0 Å². The van der Waals surface area contributed by atoms with Crippen molar-refractivity contribution in [3.05, 3.63) is 35.4 Å². The fourth-order valence-corrected chi connectivity index (χ4v) is 0.947. The van der Waals surface area contributed by atoms with Gasteiger partial charge < -0.3 is 21.1 Å². The molecule has 1 aromatic rings. The van der Waals surface area contributed by atoms with Gasteiger partial charge in [0.2, 0.25) is 0 Å². The van der Waals surface area contributed by atoms with Crippen LogP contribution in [-0.2, 0) is 0 Å². The van der Waals surface area contributed by atoms with Gasteiger partial charge in [-0.2, -0.15) is 0 Å². The van der Waals surface area contributed by atoms with Gasteiger partial charge in [-0.25, -0.2) is 9.59 Å². The summed E-state index contributed by atoms with van der Waals surface area (Å²) in [6.07, 6.45) is 0.722. The van der Waals surface area contributed by atoms with Crippen molar-refractivity contribution in [1.82, 2.24) is 0 Å². The minimum atomic E-state index is -1.23. The SMILES string of the molecule is NCCCO.O=C(O)c1ccccc1C(=O)O. The third-order valence-electron chi connectivity index (χ3n) is 1.75. The summed E-state index contributed by atoms with van der Waals surface area (Å²) in [7, 11) is 0. The molecule has 5 N–H and O–H groups in total. The molecular weight excluding hydrogens is 226 g/mol. The molecule has 0 saturated heterocycles. The van der Waals surface area contributed by atoms with Crippen LogP contribution in [0.3, 0.4) is 0 Å². The summed E-state index contributed by atoms with van der Waals surface area (Å²) in [5.74, 6) is -2.46. The highest BCUT2D eigenvalue weighted by Gasteiger charge is 2.13. The fraction of sp³-hybridized carbons (Fsp3) is 0.273. The number of aromatic carboxylic acids is 2. The van der Waals surface area contributed by atoms with Gasteiger partial charge in [0.15, 0.2) is 0 Å². The smallest absolute Gasteiger partial charge is 0.336 e. The summed E-state index contributed by atoms with van der Waals surface area (Å²) < 4.78 is 0. The highest BCUT2D eigenvalue weighted by atomic mass is 16.4. The van der Waals surface area contributed by atoms with Crippen molar-refractivity contribution in [2.45, 2.75) is 6.42 Å². The van der Waals surface area contributed by atoms with Crippen LogP contribution in [0.4, 0.5) is 0 Å². The van der Waals surface area contributed by atoms with E-state index in [4.69, 9.17) is 21.1 Å². The van der Waals surface area contributed by atoms with E-state index in [1.54, 1.807) is 0 Å². The van der Waals surface area contributed by atoms with Crippen molar-refractivity contribution in [3.63, 3.8) is 0 Å². The van der Waals surface area contributed by atoms with Crippen molar-refractivity contribution in [3.8, 4) is 0 Å². The second-order valence-electron chi connectivity index (χ2n) is 3.02. The molecule has 0 aliphatic carbocycles. The van der Waals surface area contributed by atoms with Crippen LogP contribution in [-0.4, -0.2) is 40.4 Å². The minimum Gasteiger partial charge on any atom is -0.478 e. The number of aliphatic hydroxyl groups is 1. The van der Waals surface area contributed by atoms with Gasteiger partial charge >= 0.3 is 11.9 Å². The zero-order valence-corrected chi connectivity index (χ0v) is 9.17. The Morgan fingerprint density at radius 2 is 1.47 bits per heavy atom. The zero-order chi connectivity index (χ0) is 13.3. The van der Waals surface area contributed by atoms with Crippen LogP contribution in [0, 0.1) is 0 Å². The highest BCUT2D eigenvalue weighted by molar-refractivity contribution is 6.01. The lowest BCUT2D eigenvalue weighted by atomic mass is 10.1. The number of hydrogen-bond donors (Lipinski definition) is 4.